The van der Waals surface area contributed by atoms with Crippen LogP contribution in [0.3, 0.4) is 0 Å². The molecule has 0 aliphatic carbocycles. The van der Waals surface area contributed by atoms with E-state index < -0.39 is 53.7 Å². The van der Waals surface area contributed by atoms with Crippen LogP contribution in [0.1, 0.15) is 34.6 Å². The third kappa shape index (κ3) is 7.55. The van der Waals surface area contributed by atoms with Crippen LogP contribution in [0.2, 0.25) is 0 Å². The van der Waals surface area contributed by atoms with Crippen molar-refractivity contribution in [2.45, 2.75) is 64.5 Å². The molecule has 0 bridgehead atoms. The summed E-state index contributed by atoms with van der Waals surface area (Å²) in [5.41, 5.74) is -1.07. The molecule has 0 radical (unpaired) electrons. The molecule has 0 aromatic heterocycles. The van der Waals surface area contributed by atoms with Crippen LogP contribution in [-0.4, -0.2) is 65.5 Å². The highest BCUT2D eigenvalue weighted by molar-refractivity contribution is 8.14. The van der Waals surface area contributed by atoms with Gasteiger partial charge in [0.05, 0.1) is 0 Å². The minimum atomic E-state index is -1.26. The van der Waals surface area contributed by atoms with Gasteiger partial charge >= 0.3 is 23.9 Å². The maximum Gasteiger partial charge on any atom is 0.303 e. The summed E-state index contributed by atoms with van der Waals surface area (Å²) in [7, 11) is 0. The van der Waals surface area contributed by atoms with Crippen LogP contribution in [0.5, 0.6) is 0 Å². The summed E-state index contributed by atoms with van der Waals surface area (Å²) in [6.07, 6.45) is -4.76. The standard InChI is InChI=1S/C16H22O10S/c1-7(17)22-6-12-13(23-8(2)18)14(24-9(3)19)15(25-10(4)20)16(26-12)27-11(5)21/h12-16H,6H2,1-5H3. The highest BCUT2D eigenvalue weighted by Gasteiger charge is 2.52. The Morgan fingerprint density at radius 1 is 0.741 bits per heavy atom. The van der Waals surface area contributed by atoms with Gasteiger partial charge in [0, 0.05) is 34.6 Å². The molecule has 27 heavy (non-hydrogen) atoms. The van der Waals surface area contributed by atoms with Crippen LogP contribution in [0.4, 0.5) is 0 Å². The quantitative estimate of drug-likeness (QED) is 0.447. The average Bonchev–Trinajstić information content (AvgIpc) is 2.49. The van der Waals surface area contributed by atoms with Gasteiger partial charge < -0.3 is 23.7 Å². The molecule has 1 rings (SSSR count). The van der Waals surface area contributed by atoms with Crippen molar-refractivity contribution in [3.63, 3.8) is 0 Å². The number of thioether (sulfide) groups is 1. The molecule has 1 heterocycles. The van der Waals surface area contributed by atoms with E-state index >= 15 is 0 Å². The molecular formula is C16H22O10S. The Morgan fingerprint density at radius 3 is 1.67 bits per heavy atom. The molecule has 0 amide bonds. The second-order valence-corrected chi connectivity index (χ2v) is 6.95. The van der Waals surface area contributed by atoms with Gasteiger partial charge in [-0.15, -0.1) is 0 Å². The van der Waals surface area contributed by atoms with Crippen molar-refractivity contribution in [3.8, 4) is 0 Å². The molecule has 0 spiro atoms. The highest BCUT2D eigenvalue weighted by Crippen LogP contribution is 2.34. The second kappa shape index (κ2) is 10.3. The number of hydrogen-bond acceptors (Lipinski definition) is 11. The Bertz CT molecular complexity index is 604. The summed E-state index contributed by atoms with van der Waals surface area (Å²) in [5, 5.41) is -0.351. The molecule has 0 aromatic carbocycles. The van der Waals surface area contributed by atoms with Gasteiger partial charge in [0.15, 0.2) is 28.9 Å². The zero-order valence-electron chi connectivity index (χ0n) is 15.6. The molecule has 1 aliphatic rings. The molecule has 5 unspecified atom stereocenters. The summed E-state index contributed by atoms with van der Waals surface area (Å²) in [5.74, 6) is -2.76. The van der Waals surface area contributed by atoms with Gasteiger partial charge in [-0.05, 0) is 0 Å². The third-order valence-electron chi connectivity index (χ3n) is 3.23. The first-order chi connectivity index (χ1) is 12.5. The maximum absolute atomic E-state index is 11.6. The number of carbonyl (C=O) groups is 5. The number of esters is 4. The van der Waals surface area contributed by atoms with Crippen molar-refractivity contribution in [1.82, 2.24) is 0 Å². The molecule has 0 saturated carbocycles. The van der Waals surface area contributed by atoms with Gasteiger partial charge in [-0.25, -0.2) is 0 Å². The Morgan fingerprint density at radius 2 is 1.22 bits per heavy atom. The van der Waals surface area contributed by atoms with Crippen LogP contribution in [0.25, 0.3) is 0 Å². The molecular weight excluding hydrogens is 384 g/mol. The van der Waals surface area contributed by atoms with Crippen LogP contribution in [-0.2, 0) is 47.7 Å². The van der Waals surface area contributed by atoms with Gasteiger partial charge in [-0.3, -0.25) is 24.0 Å². The lowest BCUT2D eigenvalue weighted by molar-refractivity contribution is -0.237. The Labute approximate surface area is 160 Å². The van der Waals surface area contributed by atoms with E-state index in [0.717, 1.165) is 20.8 Å². The van der Waals surface area contributed by atoms with E-state index in [9.17, 15) is 24.0 Å². The predicted octanol–water partition coefficient (Wildman–Crippen LogP) is 0.349. The number of ether oxygens (including phenoxy) is 5. The van der Waals surface area contributed by atoms with Gasteiger partial charge in [-0.2, -0.15) is 0 Å². The normalized spacial score (nSPS) is 27.2. The smallest absolute Gasteiger partial charge is 0.303 e. The molecule has 10 nitrogen and oxygen atoms in total. The Kier molecular flexibility index (Phi) is 8.70. The van der Waals surface area contributed by atoms with Gasteiger partial charge in [0.2, 0.25) is 0 Å². The van der Waals surface area contributed by atoms with E-state index in [0.29, 0.717) is 11.8 Å². The zero-order valence-corrected chi connectivity index (χ0v) is 16.4. The molecule has 0 aromatic rings. The number of carbonyl (C=O) groups excluding carboxylic acids is 5. The van der Waals surface area contributed by atoms with Crippen molar-refractivity contribution in [1.29, 1.82) is 0 Å². The van der Waals surface area contributed by atoms with Gasteiger partial charge in [0.1, 0.15) is 12.7 Å². The minimum Gasteiger partial charge on any atom is -0.463 e. The fourth-order valence-corrected chi connectivity index (χ4v) is 3.32. The van der Waals surface area contributed by atoms with Crippen molar-refractivity contribution in [3.05, 3.63) is 0 Å². The van der Waals surface area contributed by atoms with Crippen molar-refractivity contribution in [2.24, 2.45) is 0 Å². The van der Waals surface area contributed by atoms with Crippen molar-refractivity contribution < 1.29 is 47.7 Å². The molecule has 5 atom stereocenters. The molecule has 1 saturated heterocycles. The Hall–Kier alpha value is -2.14. The zero-order chi connectivity index (χ0) is 20.7. The van der Waals surface area contributed by atoms with E-state index in [1.165, 1.54) is 13.8 Å². The lowest BCUT2D eigenvalue weighted by atomic mass is 9.99. The first-order valence-corrected chi connectivity index (χ1v) is 8.87. The minimum absolute atomic E-state index is 0.327. The SMILES string of the molecule is CC(=O)OCC1OC(SC(C)=O)C(OC(C)=O)C(OC(C)=O)C1OC(C)=O. The fourth-order valence-electron chi connectivity index (χ4n) is 2.45. The van der Waals surface area contributed by atoms with E-state index in [2.05, 4.69) is 0 Å². The number of hydrogen-bond donors (Lipinski definition) is 0. The molecule has 1 fully saturated rings. The van der Waals surface area contributed by atoms with E-state index in [1.807, 2.05) is 0 Å². The largest absolute Gasteiger partial charge is 0.463 e. The van der Waals surface area contributed by atoms with E-state index in [4.69, 9.17) is 23.7 Å². The summed E-state index contributed by atoms with van der Waals surface area (Å²) in [6, 6.07) is 0. The highest BCUT2D eigenvalue weighted by atomic mass is 32.2. The maximum atomic E-state index is 11.6. The molecule has 11 heteroatoms. The monoisotopic (exact) mass is 406 g/mol. The van der Waals surface area contributed by atoms with Crippen LogP contribution < -0.4 is 0 Å². The summed E-state index contributed by atoms with van der Waals surface area (Å²) >= 11 is 0.705. The molecule has 1 aliphatic heterocycles. The fraction of sp³-hybridized carbons (Fsp3) is 0.688. The topological polar surface area (TPSA) is 132 Å². The van der Waals surface area contributed by atoms with Crippen molar-refractivity contribution in [2.75, 3.05) is 6.61 Å². The predicted molar refractivity (Wildman–Crippen MR) is 90.2 cm³/mol. The summed E-state index contributed by atoms with van der Waals surface area (Å²) in [4.78, 5) is 57.3. The van der Waals surface area contributed by atoms with Crippen molar-refractivity contribution >= 4 is 40.8 Å². The summed E-state index contributed by atoms with van der Waals surface area (Å²) in [6.45, 7) is 5.51. The number of rotatable bonds is 6. The molecule has 152 valence electrons. The first kappa shape index (κ1) is 22.9. The Balaban J connectivity index is 3.29. The average molecular weight is 406 g/mol. The van der Waals surface area contributed by atoms with Gasteiger partial charge in [0.25, 0.3) is 0 Å². The van der Waals surface area contributed by atoms with Crippen LogP contribution in [0.15, 0.2) is 0 Å². The summed E-state index contributed by atoms with van der Waals surface area (Å²) < 4.78 is 26.2. The van der Waals surface area contributed by atoms with Crippen LogP contribution >= 0.6 is 11.8 Å². The lowest BCUT2D eigenvalue weighted by Gasteiger charge is -2.43. The van der Waals surface area contributed by atoms with Crippen LogP contribution in [0, 0.1) is 0 Å². The van der Waals surface area contributed by atoms with Gasteiger partial charge in [-0.1, -0.05) is 11.8 Å². The first-order valence-electron chi connectivity index (χ1n) is 7.99. The lowest BCUT2D eigenvalue weighted by Crippen LogP contribution is -2.61. The molecule has 0 N–H and O–H groups in total. The second-order valence-electron chi connectivity index (χ2n) is 5.68. The van der Waals surface area contributed by atoms with E-state index in [-0.39, 0.29) is 11.7 Å². The van der Waals surface area contributed by atoms with E-state index in [1.54, 1.807) is 0 Å². The third-order valence-corrected chi connectivity index (χ3v) is 4.17.